The molecule has 1 rings (SSSR count). The zero-order valence-corrected chi connectivity index (χ0v) is 18.5. The van der Waals surface area contributed by atoms with Gasteiger partial charge in [-0.1, -0.05) is 72.7 Å². The minimum Gasteiger partial charge on any atom is -0.443 e. The molecule has 2 atom stereocenters. The molecule has 0 bridgehead atoms. The number of esters is 1. The minimum atomic E-state index is -5.65. The first-order chi connectivity index (χ1) is 13.4. The van der Waals surface area contributed by atoms with E-state index in [-0.39, 0.29) is 11.8 Å². The average Bonchev–Trinajstić information content (AvgIpc) is 2.62. The second-order valence-electron chi connectivity index (χ2n) is 8.39. The summed E-state index contributed by atoms with van der Waals surface area (Å²) in [6.07, 6.45) is -14.0. The van der Waals surface area contributed by atoms with Crippen LogP contribution in [-0.4, -0.2) is 24.4 Å². The molecule has 0 aliphatic rings. The number of hydrogen-bond donors (Lipinski definition) is 0. The van der Waals surface area contributed by atoms with Gasteiger partial charge in [0.25, 0.3) is 6.10 Å². The van der Waals surface area contributed by atoms with Crippen molar-refractivity contribution in [1.29, 1.82) is 0 Å². The normalized spacial score (nSPS) is 14.6. The minimum absolute atomic E-state index is 0.0985. The van der Waals surface area contributed by atoms with Crippen molar-refractivity contribution in [3.05, 3.63) is 35.4 Å². The molecule has 0 saturated heterocycles. The molecule has 1 aromatic carbocycles. The Labute approximate surface area is 175 Å². The Morgan fingerprint density at radius 2 is 1.30 bits per heavy atom. The average molecular weight is 442 g/mol. The Balaban J connectivity index is 0.000000564. The van der Waals surface area contributed by atoms with Crippen molar-refractivity contribution in [3.8, 4) is 0 Å². The Bertz CT molecular complexity index is 628. The summed E-state index contributed by atoms with van der Waals surface area (Å²) in [6.45, 7) is 13.9. The van der Waals surface area contributed by atoms with E-state index in [4.69, 9.17) is 0 Å². The van der Waals surface area contributed by atoms with Gasteiger partial charge in [0.05, 0.1) is 5.92 Å². The molecule has 0 radical (unpaired) electrons. The van der Waals surface area contributed by atoms with E-state index >= 15 is 0 Å². The number of hydrogen-bond acceptors (Lipinski definition) is 2. The molecule has 0 amide bonds. The summed E-state index contributed by atoms with van der Waals surface area (Å²) in [7, 11) is 0. The van der Waals surface area contributed by atoms with Crippen molar-refractivity contribution >= 4 is 5.97 Å². The largest absolute Gasteiger partial charge is 0.443 e. The lowest BCUT2D eigenvalue weighted by Gasteiger charge is -2.23. The molecule has 0 saturated carbocycles. The number of ether oxygens (including phenoxy) is 1. The number of carbonyl (C=O) groups is 1. The van der Waals surface area contributed by atoms with E-state index in [9.17, 15) is 31.1 Å². The fourth-order valence-corrected chi connectivity index (χ4v) is 2.27. The monoisotopic (exact) mass is 442 g/mol. The van der Waals surface area contributed by atoms with Crippen LogP contribution in [0.25, 0.3) is 0 Å². The van der Waals surface area contributed by atoms with E-state index in [1.54, 1.807) is 0 Å². The number of alkyl halides is 6. The lowest BCUT2D eigenvalue weighted by molar-refractivity contribution is -0.314. The summed E-state index contributed by atoms with van der Waals surface area (Å²) in [5.41, 5.74) is 3.15. The highest BCUT2D eigenvalue weighted by atomic mass is 19.4. The molecule has 2 unspecified atom stereocenters. The zero-order chi connectivity index (χ0) is 23.9. The van der Waals surface area contributed by atoms with Gasteiger partial charge in [-0.15, -0.1) is 0 Å². The van der Waals surface area contributed by atoms with Crippen molar-refractivity contribution in [1.82, 2.24) is 0 Å². The Morgan fingerprint density at radius 3 is 1.60 bits per heavy atom. The maximum atomic E-state index is 11.9. The number of rotatable bonds is 5. The van der Waals surface area contributed by atoms with Gasteiger partial charge in [-0.05, 0) is 35.3 Å². The van der Waals surface area contributed by atoms with Crippen LogP contribution in [0.3, 0.4) is 0 Å². The van der Waals surface area contributed by atoms with Crippen LogP contribution >= 0.6 is 0 Å². The summed E-state index contributed by atoms with van der Waals surface area (Å²) < 4.78 is 75.1. The molecular weight excluding hydrogens is 410 g/mol. The quantitative estimate of drug-likeness (QED) is 0.347. The van der Waals surface area contributed by atoms with E-state index in [0.29, 0.717) is 5.92 Å². The highest BCUT2D eigenvalue weighted by Crippen LogP contribution is 2.36. The van der Waals surface area contributed by atoms with Crippen LogP contribution in [0.15, 0.2) is 24.3 Å². The van der Waals surface area contributed by atoms with Crippen LogP contribution in [0.2, 0.25) is 0 Å². The van der Waals surface area contributed by atoms with Crippen molar-refractivity contribution < 1.29 is 35.9 Å². The lowest BCUT2D eigenvalue weighted by Crippen LogP contribution is -2.46. The number of benzene rings is 1. The third-order valence-electron chi connectivity index (χ3n) is 4.80. The molecule has 0 N–H and O–H groups in total. The molecule has 0 aliphatic heterocycles. The van der Waals surface area contributed by atoms with Crippen LogP contribution < -0.4 is 0 Å². The van der Waals surface area contributed by atoms with Gasteiger partial charge < -0.3 is 4.74 Å². The standard InChI is InChI=1S/C14H22.C8H10F6O2/c1-6-11(2)12-7-9-13(10-8-12)14(3,4)5;1-3-4(2)5(15)16-6(7(9,10)11)8(12,13)14/h7-11H,6H2,1-5H3;4,6H,3H2,1-2H3. The van der Waals surface area contributed by atoms with Gasteiger partial charge in [0.2, 0.25) is 0 Å². The molecule has 0 aromatic heterocycles. The van der Waals surface area contributed by atoms with Gasteiger partial charge in [0.1, 0.15) is 0 Å². The lowest BCUT2D eigenvalue weighted by atomic mass is 9.85. The van der Waals surface area contributed by atoms with Gasteiger partial charge in [-0.3, -0.25) is 4.79 Å². The molecular formula is C22H32F6O2. The summed E-state index contributed by atoms with van der Waals surface area (Å²) in [5, 5.41) is 0. The first-order valence-electron chi connectivity index (χ1n) is 9.89. The first kappa shape index (κ1) is 28.3. The van der Waals surface area contributed by atoms with Gasteiger partial charge in [-0.25, -0.2) is 0 Å². The number of carbonyl (C=O) groups excluding carboxylic acids is 1. The maximum absolute atomic E-state index is 11.9. The predicted molar refractivity (Wildman–Crippen MR) is 105 cm³/mol. The van der Waals surface area contributed by atoms with E-state index in [2.05, 4.69) is 63.6 Å². The molecule has 0 spiro atoms. The second-order valence-corrected chi connectivity index (χ2v) is 8.39. The van der Waals surface area contributed by atoms with Crippen molar-refractivity contribution in [2.45, 2.75) is 91.1 Å². The fourth-order valence-electron chi connectivity index (χ4n) is 2.27. The van der Waals surface area contributed by atoms with Crippen LogP contribution in [0.1, 0.15) is 78.4 Å². The van der Waals surface area contributed by atoms with Crippen LogP contribution in [0.4, 0.5) is 26.3 Å². The third kappa shape index (κ3) is 9.39. The Kier molecular flexibility index (Phi) is 10.4. The van der Waals surface area contributed by atoms with Crippen LogP contribution in [-0.2, 0) is 14.9 Å². The predicted octanol–water partition coefficient (Wildman–Crippen LogP) is 7.57. The van der Waals surface area contributed by atoms with E-state index in [1.165, 1.54) is 31.4 Å². The smallest absolute Gasteiger partial charge is 0.434 e. The van der Waals surface area contributed by atoms with Crippen molar-refractivity contribution in [3.63, 3.8) is 0 Å². The topological polar surface area (TPSA) is 26.3 Å². The highest BCUT2D eigenvalue weighted by Gasteiger charge is 2.60. The molecule has 0 heterocycles. The first-order valence-corrected chi connectivity index (χ1v) is 9.89. The SMILES string of the molecule is CCC(C)C(=O)OC(C(F)(F)F)C(F)(F)F.CCC(C)c1ccc(C(C)(C)C)cc1. The molecule has 0 aliphatic carbocycles. The van der Waals surface area contributed by atoms with Crippen molar-refractivity contribution in [2.75, 3.05) is 0 Å². The van der Waals surface area contributed by atoms with Gasteiger partial charge in [-0.2, -0.15) is 26.3 Å². The van der Waals surface area contributed by atoms with Gasteiger partial charge in [0.15, 0.2) is 0 Å². The number of halogens is 6. The summed E-state index contributed by atoms with van der Waals surface area (Å²) in [5.74, 6) is -1.83. The van der Waals surface area contributed by atoms with E-state index in [1.807, 2.05) is 0 Å². The molecule has 8 heteroatoms. The summed E-state index contributed by atoms with van der Waals surface area (Å²) in [6, 6.07) is 9.08. The highest BCUT2D eigenvalue weighted by molar-refractivity contribution is 5.72. The van der Waals surface area contributed by atoms with Crippen LogP contribution in [0.5, 0.6) is 0 Å². The second kappa shape index (κ2) is 11.0. The van der Waals surface area contributed by atoms with E-state index in [0.717, 1.165) is 0 Å². The maximum Gasteiger partial charge on any atom is 0.434 e. The molecule has 174 valence electrons. The molecule has 2 nitrogen and oxygen atoms in total. The Morgan fingerprint density at radius 1 is 0.867 bits per heavy atom. The summed E-state index contributed by atoms with van der Waals surface area (Å²) in [4.78, 5) is 10.9. The van der Waals surface area contributed by atoms with Gasteiger partial charge in [0, 0.05) is 0 Å². The molecule has 1 aromatic rings. The molecule has 0 fully saturated rings. The van der Waals surface area contributed by atoms with E-state index < -0.39 is 30.3 Å². The summed E-state index contributed by atoms with van der Waals surface area (Å²) >= 11 is 0. The third-order valence-corrected chi connectivity index (χ3v) is 4.80. The van der Waals surface area contributed by atoms with Gasteiger partial charge >= 0.3 is 18.3 Å². The Hall–Kier alpha value is -1.73. The fraction of sp³-hybridized carbons (Fsp3) is 0.682. The molecule has 30 heavy (non-hydrogen) atoms. The zero-order valence-electron chi connectivity index (χ0n) is 18.5. The van der Waals surface area contributed by atoms with Crippen molar-refractivity contribution in [2.24, 2.45) is 5.92 Å². The van der Waals surface area contributed by atoms with Crippen LogP contribution in [0, 0.1) is 5.92 Å².